The van der Waals surface area contributed by atoms with Crippen LogP contribution < -0.4 is 11.3 Å². The molecule has 2 aromatic rings. The molecule has 4 nitrogen and oxygen atoms in total. The number of nitrogens with one attached hydrogen (secondary N) is 1. The van der Waals surface area contributed by atoms with Gasteiger partial charge in [0.1, 0.15) is 11.5 Å². The lowest BCUT2D eigenvalue weighted by Gasteiger charge is -2.14. The van der Waals surface area contributed by atoms with E-state index in [2.05, 4.69) is 10.4 Å². The zero-order valence-electron chi connectivity index (χ0n) is 10.1. The second-order valence-corrected chi connectivity index (χ2v) is 4.15. The van der Waals surface area contributed by atoms with Gasteiger partial charge in [-0.3, -0.25) is 16.3 Å². The number of pyridine rings is 1. The third kappa shape index (κ3) is 2.72. The van der Waals surface area contributed by atoms with Crippen molar-refractivity contribution < 1.29 is 4.42 Å². The number of hydrogen-bond acceptors (Lipinski definition) is 4. The summed E-state index contributed by atoms with van der Waals surface area (Å²) in [7, 11) is 0. The minimum absolute atomic E-state index is 0.0525. The summed E-state index contributed by atoms with van der Waals surface area (Å²) < 4.78 is 5.52. The van der Waals surface area contributed by atoms with E-state index in [9.17, 15) is 0 Å². The van der Waals surface area contributed by atoms with Crippen molar-refractivity contribution in [2.75, 3.05) is 0 Å². The van der Waals surface area contributed by atoms with E-state index in [1.165, 1.54) is 0 Å². The SMILES string of the molecule is Cc1cc(C(Cc2cccnc2)NN)c(C)o1. The molecule has 0 aliphatic carbocycles. The Morgan fingerprint density at radius 2 is 2.29 bits per heavy atom. The summed E-state index contributed by atoms with van der Waals surface area (Å²) in [5.74, 6) is 7.44. The second kappa shape index (κ2) is 5.12. The molecule has 90 valence electrons. The zero-order chi connectivity index (χ0) is 12.3. The highest BCUT2D eigenvalue weighted by molar-refractivity contribution is 5.26. The van der Waals surface area contributed by atoms with Crippen LogP contribution in [0, 0.1) is 13.8 Å². The number of aryl methyl sites for hydroxylation is 2. The minimum atomic E-state index is 0.0525. The fourth-order valence-corrected chi connectivity index (χ4v) is 2.01. The van der Waals surface area contributed by atoms with Gasteiger partial charge in [0.05, 0.1) is 6.04 Å². The first-order chi connectivity index (χ1) is 8.20. The predicted molar refractivity (Wildman–Crippen MR) is 66.2 cm³/mol. The van der Waals surface area contributed by atoms with E-state index in [1.807, 2.05) is 38.2 Å². The van der Waals surface area contributed by atoms with E-state index in [0.717, 1.165) is 29.1 Å². The van der Waals surface area contributed by atoms with Crippen molar-refractivity contribution >= 4 is 0 Å². The first-order valence-electron chi connectivity index (χ1n) is 5.62. The first-order valence-corrected chi connectivity index (χ1v) is 5.62. The van der Waals surface area contributed by atoms with E-state index >= 15 is 0 Å². The average molecular weight is 231 g/mol. The molecule has 1 unspecified atom stereocenters. The summed E-state index contributed by atoms with van der Waals surface area (Å²) in [5, 5.41) is 0. The number of nitrogens with two attached hydrogens (primary N) is 1. The summed E-state index contributed by atoms with van der Waals surface area (Å²) >= 11 is 0. The van der Waals surface area contributed by atoms with E-state index in [-0.39, 0.29) is 6.04 Å². The molecule has 0 saturated carbocycles. The van der Waals surface area contributed by atoms with E-state index in [0.29, 0.717) is 0 Å². The van der Waals surface area contributed by atoms with Crippen LogP contribution in [0.1, 0.15) is 28.7 Å². The highest BCUT2D eigenvalue weighted by atomic mass is 16.3. The lowest BCUT2D eigenvalue weighted by molar-refractivity contribution is 0.484. The maximum Gasteiger partial charge on any atom is 0.105 e. The van der Waals surface area contributed by atoms with Gasteiger partial charge in [0.15, 0.2) is 0 Å². The number of hydrazine groups is 1. The molecule has 0 aromatic carbocycles. The van der Waals surface area contributed by atoms with Crippen LogP contribution in [0.2, 0.25) is 0 Å². The van der Waals surface area contributed by atoms with Crippen molar-refractivity contribution in [2.24, 2.45) is 5.84 Å². The number of nitrogens with zero attached hydrogens (tertiary/aromatic N) is 1. The summed E-state index contributed by atoms with van der Waals surface area (Å²) in [6.45, 7) is 3.89. The van der Waals surface area contributed by atoms with Crippen LogP contribution in [0.25, 0.3) is 0 Å². The average Bonchev–Trinajstić information content (AvgIpc) is 2.67. The van der Waals surface area contributed by atoms with Crippen LogP contribution >= 0.6 is 0 Å². The van der Waals surface area contributed by atoms with Crippen LogP contribution in [-0.4, -0.2) is 4.98 Å². The third-order valence-corrected chi connectivity index (χ3v) is 2.82. The van der Waals surface area contributed by atoms with Crippen molar-refractivity contribution in [1.82, 2.24) is 10.4 Å². The third-order valence-electron chi connectivity index (χ3n) is 2.82. The predicted octanol–water partition coefficient (Wildman–Crippen LogP) is 2.04. The summed E-state index contributed by atoms with van der Waals surface area (Å²) in [4.78, 5) is 4.10. The van der Waals surface area contributed by atoms with Crippen LogP contribution in [0.4, 0.5) is 0 Å². The molecule has 0 bridgehead atoms. The maximum absolute atomic E-state index is 5.62. The highest BCUT2D eigenvalue weighted by Gasteiger charge is 2.16. The number of aromatic nitrogens is 1. The van der Waals surface area contributed by atoms with Crippen molar-refractivity contribution in [2.45, 2.75) is 26.3 Å². The van der Waals surface area contributed by atoms with Gasteiger partial charge in [-0.05, 0) is 38.0 Å². The molecule has 0 fully saturated rings. The molecule has 0 radical (unpaired) electrons. The zero-order valence-corrected chi connectivity index (χ0v) is 10.1. The van der Waals surface area contributed by atoms with Gasteiger partial charge in [0, 0.05) is 18.0 Å². The Balaban J connectivity index is 2.20. The molecule has 0 amide bonds. The number of hydrogen-bond donors (Lipinski definition) is 2. The molecule has 3 N–H and O–H groups in total. The smallest absolute Gasteiger partial charge is 0.105 e. The molecule has 17 heavy (non-hydrogen) atoms. The topological polar surface area (TPSA) is 64.1 Å². The monoisotopic (exact) mass is 231 g/mol. The number of furan rings is 1. The molecule has 1 atom stereocenters. The van der Waals surface area contributed by atoms with E-state index in [4.69, 9.17) is 10.3 Å². The van der Waals surface area contributed by atoms with Gasteiger partial charge in [-0.2, -0.15) is 0 Å². The Labute approximate surface area is 101 Å². The number of rotatable bonds is 4. The van der Waals surface area contributed by atoms with Gasteiger partial charge < -0.3 is 4.42 Å². The van der Waals surface area contributed by atoms with Gasteiger partial charge in [0.25, 0.3) is 0 Å². The van der Waals surface area contributed by atoms with Gasteiger partial charge >= 0.3 is 0 Å². The molecule has 0 aliphatic rings. The molecule has 0 aliphatic heterocycles. The van der Waals surface area contributed by atoms with Crippen LogP contribution in [0.15, 0.2) is 35.0 Å². The molecule has 2 aromatic heterocycles. The Morgan fingerprint density at radius 3 is 2.82 bits per heavy atom. The normalized spacial score (nSPS) is 12.6. The van der Waals surface area contributed by atoms with Crippen LogP contribution in [0.3, 0.4) is 0 Å². The summed E-state index contributed by atoms with van der Waals surface area (Å²) in [6, 6.07) is 6.04. The largest absolute Gasteiger partial charge is 0.466 e. The molecular weight excluding hydrogens is 214 g/mol. The van der Waals surface area contributed by atoms with E-state index < -0.39 is 0 Å². The molecule has 2 heterocycles. The Bertz CT molecular complexity index is 479. The molecule has 2 rings (SSSR count). The van der Waals surface area contributed by atoms with Crippen molar-refractivity contribution in [3.63, 3.8) is 0 Å². The lowest BCUT2D eigenvalue weighted by atomic mass is 10.0. The van der Waals surface area contributed by atoms with E-state index in [1.54, 1.807) is 6.20 Å². The minimum Gasteiger partial charge on any atom is -0.466 e. The lowest BCUT2D eigenvalue weighted by Crippen LogP contribution is -2.29. The molecule has 0 saturated heterocycles. The quantitative estimate of drug-likeness (QED) is 0.624. The fourth-order valence-electron chi connectivity index (χ4n) is 2.01. The Kier molecular flexibility index (Phi) is 3.56. The fraction of sp³-hybridized carbons (Fsp3) is 0.308. The van der Waals surface area contributed by atoms with Crippen LogP contribution in [0.5, 0.6) is 0 Å². The van der Waals surface area contributed by atoms with Gasteiger partial charge in [-0.15, -0.1) is 0 Å². The van der Waals surface area contributed by atoms with Gasteiger partial charge in [-0.25, -0.2) is 0 Å². The Hall–Kier alpha value is -1.65. The molecule has 0 spiro atoms. The second-order valence-electron chi connectivity index (χ2n) is 4.15. The van der Waals surface area contributed by atoms with Crippen molar-refractivity contribution in [3.05, 3.63) is 53.2 Å². The Morgan fingerprint density at radius 1 is 1.47 bits per heavy atom. The standard InChI is InChI=1S/C13H17N3O/c1-9-6-12(10(2)17-9)13(16-14)7-11-4-3-5-15-8-11/h3-6,8,13,16H,7,14H2,1-2H3. The van der Waals surface area contributed by atoms with Gasteiger partial charge in [-0.1, -0.05) is 6.07 Å². The highest BCUT2D eigenvalue weighted by Crippen LogP contribution is 2.23. The maximum atomic E-state index is 5.62. The van der Waals surface area contributed by atoms with Crippen molar-refractivity contribution in [3.8, 4) is 0 Å². The first kappa shape index (κ1) is 11.8. The molecule has 4 heteroatoms. The molecular formula is C13H17N3O. The van der Waals surface area contributed by atoms with Crippen LogP contribution in [-0.2, 0) is 6.42 Å². The summed E-state index contributed by atoms with van der Waals surface area (Å²) in [6.07, 6.45) is 4.42. The van der Waals surface area contributed by atoms with Gasteiger partial charge in [0.2, 0.25) is 0 Å². The summed E-state index contributed by atoms with van der Waals surface area (Å²) in [5.41, 5.74) is 5.09. The van der Waals surface area contributed by atoms with Crippen molar-refractivity contribution in [1.29, 1.82) is 0 Å².